The summed E-state index contributed by atoms with van der Waals surface area (Å²) in [4.78, 5) is 27.2. The second-order valence-corrected chi connectivity index (χ2v) is 9.32. The van der Waals surface area contributed by atoms with Gasteiger partial charge in [0.25, 0.3) is 11.8 Å². The quantitative estimate of drug-likeness (QED) is 0.633. The topological polar surface area (TPSA) is 113 Å². The van der Waals surface area contributed by atoms with Crippen LogP contribution >= 0.6 is 0 Å². The molecule has 2 N–H and O–H groups in total. The molecular formula is C27H29FN4O5. The molecule has 2 amide bonds. The predicted octanol–water partition coefficient (Wildman–Crippen LogP) is 1.79. The third-order valence-electron chi connectivity index (χ3n) is 6.81. The molecule has 2 atom stereocenters. The van der Waals surface area contributed by atoms with Gasteiger partial charge in [0.05, 0.1) is 19.3 Å². The first-order valence-corrected chi connectivity index (χ1v) is 12.5. The molecule has 9 nitrogen and oxygen atoms in total. The van der Waals surface area contributed by atoms with E-state index in [1.165, 1.54) is 6.07 Å². The van der Waals surface area contributed by atoms with Gasteiger partial charge in [0.2, 0.25) is 0 Å². The van der Waals surface area contributed by atoms with Gasteiger partial charge in [-0.25, -0.2) is 4.39 Å². The van der Waals surface area contributed by atoms with E-state index in [0.29, 0.717) is 56.3 Å². The number of morpholine rings is 1. The Labute approximate surface area is 214 Å². The number of carbonyl (C=O) groups is 2. The maximum absolute atomic E-state index is 15.2. The molecule has 0 bridgehead atoms. The average molecular weight is 509 g/mol. The van der Waals surface area contributed by atoms with Gasteiger partial charge >= 0.3 is 0 Å². The molecule has 194 valence electrons. The number of halogens is 1. The van der Waals surface area contributed by atoms with Crippen molar-refractivity contribution in [1.29, 1.82) is 5.26 Å². The lowest BCUT2D eigenvalue weighted by Gasteiger charge is -2.28. The number of nitrogens with one attached hydrogen (secondary N) is 2. The minimum absolute atomic E-state index is 0.00922. The number of nitriles is 1. The minimum Gasteiger partial charge on any atom is -0.488 e. The van der Waals surface area contributed by atoms with E-state index in [1.54, 1.807) is 23.1 Å². The Balaban J connectivity index is 1.31. The van der Waals surface area contributed by atoms with Crippen LogP contribution in [0.1, 0.15) is 27.9 Å². The molecule has 0 aliphatic carbocycles. The highest BCUT2D eigenvalue weighted by Gasteiger charge is 2.27. The number of hydrogen-bond donors (Lipinski definition) is 2. The molecule has 1 unspecified atom stereocenters. The van der Waals surface area contributed by atoms with Crippen LogP contribution in [0.25, 0.3) is 11.1 Å². The van der Waals surface area contributed by atoms with Crippen molar-refractivity contribution in [2.45, 2.75) is 31.6 Å². The van der Waals surface area contributed by atoms with Gasteiger partial charge in [-0.3, -0.25) is 9.59 Å². The molecule has 2 aromatic carbocycles. The molecule has 0 spiro atoms. The fraction of sp³-hybridized carbons (Fsp3) is 0.444. The average Bonchev–Trinajstić information content (AvgIpc) is 3.22. The molecular weight excluding hydrogens is 479 g/mol. The van der Waals surface area contributed by atoms with Gasteiger partial charge in [0, 0.05) is 43.8 Å². The Morgan fingerprint density at radius 2 is 2.03 bits per heavy atom. The Bertz CT molecular complexity index is 1220. The molecule has 3 heterocycles. The van der Waals surface area contributed by atoms with E-state index in [2.05, 4.69) is 10.6 Å². The van der Waals surface area contributed by atoms with Crippen molar-refractivity contribution in [1.82, 2.24) is 15.5 Å². The van der Waals surface area contributed by atoms with Crippen molar-refractivity contribution in [3.8, 4) is 22.9 Å². The smallest absolute Gasteiger partial charge is 0.254 e. The van der Waals surface area contributed by atoms with E-state index in [9.17, 15) is 14.9 Å². The summed E-state index contributed by atoms with van der Waals surface area (Å²) in [5, 5.41) is 15.4. The summed E-state index contributed by atoms with van der Waals surface area (Å²) in [5.41, 5.74) is 3.02. The van der Waals surface area contributed by atoms with Gasteiger partial charge in [0.1, 0.15) is 30.3 Å². The number of rotatable bonds is 5. The molecule has 5 rings (SSSR count). The standard InChI is InChI=1S/C27H29FN4O5/c28-23-13-22-21-3-2-17(27(34)32-5-8-35-9-6-32)10-19(21)16-37-24(22)12-18(23)11-20(14-29)31-26(33)25-15-30-4-1-7-36-25/h2-3,10,12-13,20,25,30H,1,4-9,11,15-16H2,(H,31,33)/t20?,25-/m0/s1. The Kier molecular flexibility index (Phi) is 7.65. The van der Waals surface area contributed by atoms with Gasteiger partial charge in [-0.2, -0.15) is 5.26 Å². The summed E-state index contributed by atoms with van der Waals surface area (Å²) in [6.45, 7) is 3.99. The van der Waals surface area contributed by atoms with Crippen LogP contribution in [0.5, 0.6) is 5.75 Å². The first-order chi connectivity index (χ1) is 18.0. The van der Waals surface area contributed by atoms with Gasteiger partial charge in [-0.15, -0.1) is 0 Å². The van der Waals surface area contributed by atoms with Crippen molar-refractivity contribution in [3.05, 3.63) is 52.8 Å². The molecule has 2 saturated heterocycles. The fourth-order valence-corrected chi connectivity index (χ4v) is 4.79. The van der Waals surface area contributed by atoms with Gasteiger partial charge in [0.15, 0.2) is 0 Å². The highest BCUT2D eigenvalue weighted by atomic mass is 19.1. The minimum atomic E-state index is -0.920. The van der Waals surface area contributed by atoms with E-state index in [4.69, 9.17) is 14.2 Å². The number of fused-ring (bicyclic) bond motifs is 3. The third-order valence-corrected chi connectivity index (χ3v) is 6.81. The number of ether oxygens (including phenoxy) is 3. The van der Waals surface area contributed by atoms with Gasteiger partial charge in [-0.1, -0.05) is 6.07 Å². The number of nitrogens with zero attached hydrogens (tertiary/aromatic N) is 2. The van der Waals surface area contributed by atoms with E-state index in [-0.39, 0.29) is 24.5 Å². The molecule has 3 aliphatic rings. The first-order valence-electron chi connectivity index (χ1n) is 12.5. The van der Waals surface area contributed by atoms with Gasteiger partial charge in [-0.05, 0) is 53.9 Å². The molecule has 2 fully saturated rings. The molecule has 0 aromatic heterocycles. The molecule has 37 heavy (non-hydrogen) atoms. The maximum Gasteiger partial charge on any atom is 0.254 e. The van der Waals surface area contributed by atoms with E-state index in [0.717, 1.165) is 24.1 Å². The first kappa shape index (κ1) is 25.1. The molecule has 2 aromatic rings. The second-order valence-electron chi connectivity index (χ2n) is 9.32. The number of amides is 2. The van der Waals surface area contributed by atoms with E-state index < -0.39 is 23.9 Å². The molecule has 0 radical (unpaired) electrons. The second kappa shape index (κ2) is 11.3. The molecule has 10 heteroatoms. The summed E-state index contributed by atoms with van der Waals surface area (Å²) < 4.78 is 32.0. The monoisotopic (exact) mass is 508 g/mol. The summed E-state index contributed by atoms with van der Waals surface area (Å²) >= 11 is 0. The van der Waals surface area contributed by atoms with Crippen LogP contribution in [0.4, 0.5) is 4.39 Å². The molecule has 0 saturated carbocycles. The van der Waals surface area contributed by atoms with Crippen LogP contribution in [0.3, 0.4) is 0 Å². The summed E-state index contributed by atoms with van der Waals surface area (Å²) in [6, 6.07) is 9.47. The van der Waals surface area contributed by atoms with Crippen LogP contribution in [-0.2, 0) is 27.3 Å². The number of hydrogen-bond acceptors (Lipinski definition) is 7. The van der Waals surface area contributed by atoms with Crippen LogP contribution in [0, 0.1) is 17.1 Å². The third kappa shape index (κ3) is 5.59. The van der Waals surface area contributed by atoms with Crippen molar-refractivity contribution in [2.75, 3.05) is 46.0 Å². The van der Waals surface area contributed by atoms with Crippen molar-refractivity contribution >= 4 is 11.8 Å². The van der Waals surface area contributed by atoms with Crippen LogP contribution in [-0.4, -0.2) is 74.9 Å². The Morgan fingerprint density at radius 1 is 1.19 bits per heavy atom. The zero-order chi connectivity index (χ0) is 25.8. The lowest BCUT2D eigenvalue weighted by atomic mass is 9.92. The Hall–Kier alpha value is -3.52. The predicted molar refractivity (Wildman–Crippen MR) is 131 cm³/mol. The number of carbonyl (C=O) groups excluding carboxylic acids is 2. The normalized spacial score (nSPS) is 19.9. The SMILES string of the molecule is N#CC(Cc1cc2c(cc1F)-c1ccc(C(=O)N3CCOCC3)cc1CO2)NC(=O)[C@@H]1CNCCCO1. The van der Waals surface area contributed by atoms with Crippen LogP contribution < -0.4 is 15.4 Å². The van der Waals surface area contributed by atoms with Crippen molar-refractivity contribution in [3.63, 3.8) is 0 Å². The highest BCUT2D eigenvalue weighted by molar-refractivity contribution is 5.95. The Morgan fingerprint density at radius 3 is 2.84 bits per heavy atom. The summed E-state index contributed by atoms with van der Waals surface area (Å²) in [6.07, 6.45) is 0.108. The lowest BCUT2D eigenvalue weighted by Crippen LogP contribution is -2.46. The summed E-state index contributed by atoms with van der Waals surface area (Å²) in [5.74, 6) is -0.457. The summed E-state index contributed by atoms with van der Waals surface area (Å²) in [7, 11) is 0. The fourth-order valence-electron chi connectivity index (χ4n) is 4.79. The van der Waals surface area contributed by atoms with Crippen molar-refractivity contribution < 1.29 is 28.2 Å². The largest absolute Gasteiger partial charge is 0.488 e. The maximum atomic E-state index is 15.2. The zero-order valence-electron chi connectivity index (χ0n) is 20.4. The molecule has 3 aliphatic heterocycles. The highest BCUT2D eigenvalue weighted by Crippen LogP contribution is 2.39. The number of benzene rings is 2. The van der Waals surface area contributed by atoms with Crippen LogP contribution in [0.15, 0.2) is 30.3 Å². The lowest BCUT2D eigenvalue weighted by molar-refractivity contribution is -0.132. The van der Waals surface area contributed by atoms with Crippen LogP contribution in [0.2, 0.25) is 0 Å². The van der Waals surface area contributed by atoms with Crippen molar-refractivity contribution in [2.24, 2.45) is 0 Å². The van der Waals surface area contributed by atoms with Gasteiger partial charge < -0.3 is 29.7 Å². The van der Waals surface area contributed by atoms with E-state index in [1.807, 2.05) is 12.1 Å². The van der Waals surface area contributed by atoms with E-state index >= 15 is 4.39 Å². The zero-order valence-corrected chi connectivity index (χ0v) is 20.4.